The second-order valence-electron chi connectivity index (χ2n) is 34.3. The predicted molar refractivity (Wildman–Crippen MR) is 527 cm³/mol. The minimum absolute atomic E-state index is 0.0363. The van der Waals surface area contributed by atoms with E-state index in [-0.39, 0.29) is 92.3 Å². The van der Waals surface area contributed by atoms with Crippen LogP contribution in [0, 0.1) is 5.92 Å². The number of rotatable bonds is 47. The highest BCUT2D eigenvalue weighted by molar-refractivity contribution is 7.53. The van der Waals surface area contributed by atoms with Crippen molar-refractivity contribution in [2.24, 2.45) is 11.7 Å². The van der Waals surface area contributed by atoms with E-state index in [1.807, 2.05) is 86.6 Å². The van der Waals surface area contributed by atoms with Crippen molar-refractivity contribution in [3.8, 4) is 22.3 Å². The molecular formula is C106H124F4N8O21P2. The van der Waals surface area contributed by atoms with E-state index >= 15 is 0 Å². The topological polar surface area (TPSA) is 458 Å². The summed E-state index contributed by atoms with van der Waals surface area (Å²) in [5.41, 5.74) is 9.81. The lowest BCUT2D eigenvalue weighted by Crippen LogP contribution is -2.48. The maximum atomic E-state index is 14.3. The first-order chi connectivity index (χ1) is 67.0. The van der Waals surface area contributed by atoms with Gasteiger partial charge in [-0.3, -0.25) is 57.1 Å². The number of nitrogens with one attached hydrogen (secondary N) is 7. The van der Waals surface area contributed by atoms with Crippen molar-refractivity contribution in [3.63, 3.8) is 0 Å². The lowest BCUT2D eigenvalue weighted by atomic mass is 9.89. The van der Waals surface area contributed by atoms with Crippen LogP contribution in [0.25, 0.3) is 22.3 Å². The van der Waals surface area contributed by atoms with Gasteiger partial charge in [-0.1, -0.05) is 227 Å². The van der Waals surface area contributed by atoms with Gasteiger partial charge in [-0.2, -0.15) is 17.6 Å². The summed E-state index contributed by atoms with van der Waals surface area (Å²) in [5.74, 6) is -4.51. The first-order valence-corrected chi connectivity index (χ1v) is 49.7. The molecule has 2 aliphatic rings. The monoisotopic (exact) mass is 1980 g/mol. The van der Waals surface area contributed by atoms with Crippen LogP contribution in [0.5, 0.6) is 0 Å². The first kappa shape index (κ1) is 113. The fourth-order valence-electron chi connectivity index (χ4n) is 15.9. The number of alkyl halides is 4. The van der Waals surface area contributed by atoms with Gasteiger partial charge in [-0.05, 0) is 207 Å². The SMILES string of the molecule is C=CCOC(=O)NCCCCC(NC(=O)OCC1c2ccccc2-c2ccccc21)C(C)=O.CC(=O)OCC1c2ccccc2-c2ccccc21.CCc1ccc(C(=O)NCCCCC(NC(=O)C(CC(=O)C(Cc2ccccc2)NC(C)=O)Cc2ccc(C(F)(F)P(=O)(O)O)cc2)C(C)=O)cc1.CCc1ccc(C(=O)NCCCCC(NC(=O)C(N)Cc2ccc(C(F)(F)P(=O)(O)O)cc2)C(C)=O)cc1. The number of carbonyl (C=O) groups is 12. The lowest BCUT2D eigenvalue weighted by molar-refractivity contribution is -0.141. The Kier molecular flexibility index (Phi) is 44.1. The predicted octanol–water partition coefficient (Wildman–Crippen LogP) is 16.0. The quantitative estimate of drug-likeness (QED) is 0.00421. The van der Waals surface area contributed by atoms with Crippen molar-refractivity contribution >= 4 is 86.0 Å². The largest absolute Gasteiger partial charge is 0.465 e. The number of hydrogen-bond donors (Lipinski definition) is 12. The highest BCUT2D eigenvalue weighted by Crippen LogP contribution is 2.60. The molecule has 0 heterocycles. The highest BCUT2D eigenvalue weighted by atomic mass is 31.2. The minimum atomic E-state index is -5.81. The first-order valence-electron chi connectivity index (χ1n) is 46.5. The summed E-state index contributed by atoms with van der Waals surface area (Å²) >= 11 is 0. The summed E-state index contributed by atoms with van der Waals surface area (Å²) in [4.78, 5) is 184. The molecule has 11 rings (SSSR count). The van der Waals surface area contributed by atoms with Crippen molar-refractivity contribution in [1.82, 2.24) is 37.2 Å². The highest BCUT2D eigenvalue weighted by Gasteiger charge is 2.51. The number of esters is 1. The Hall–Kier alpha value is -13.3. The van der Waals surface area contributed by atoms with Crippen LogP contribution < -0.4 is 43.0 Å². The minimum Gasteiger partial charge on any atom is -0.465 e. The van der Waals surface area contributed by atoms with Crippen molar-refractivity contribution in [2.45, 2.75) is 198 Å². The number of alkyl carbamates (subject to hydrolysis) is 2. The molecule has 0 aromatic heterocycles. The zero-order valence-electron chi connectivity index (χ0n) is 79.8. The summed E-state index contributed by atoms with van der Waals surface area (Å²) < 4.78 is 94.1. The number of halogens is 4. The number of benzene rings is 9. The van der Waals surface area contributed by atoms with Gasteiger partial charge in [0.1, 0.15) is 19.8 Å². The van der Waals surface area contributed by atoms with Gasteiger partial charge in [0.15, 0.2) is 23.1 Å². The molecule has 6 atom stereocenters. The second kappa shape index (κ2) is 55.1. The molecular weight excluding hydrogens is 1860 g/mol. The molecule has 9 aromatic carbocycles. The molecule has 0 radical (unpaired) electrons. The summed E-state index contributed by atoms with van der Waals surface area (Å²) in [5, 5.41) is 18.9. The zero-order valence-corrected chi connectivity index (χ0v) is 81.6. The van der Waals surface area contributed by atoms with E-state index < -0.39 is 109 Å². The molecule has 0 spiro atoms. The van der Waals surface area contributed by atoms with E-state index in [1.54, 1.807) is 54.6 Å². The van der Waals surface area contributed by atoms with Crippen LogP contribution in [0.4, 0.5) is 27.2 Å². The fourth-order valence-corrected chi connectivity index (χ4v) is 16.9. The fraction of sp³-hybridized carbons (Fsp3) is 0.358. The summed E-state index contributed by atoms with van der Waals surface area (Å²) in [7, 11) is -11.5. The van der Waals surface area contributed by atoms with Crippen LogP contribution >= 0.6 is 15.2 Å². The van der Waals surface area contributed by atoms with E-state index in [1.165, 1.54) is 87.2 Å². The molecule has 0 saturated carbocycles. The molecule has 141 heavy (non-hydrogen) atoms. The molecule has 2 aliphatic carbocycles. The van der Waals surface area contributed by atoms with E-state index in [0.29, 0.717) is 99.9 Å². The third kappa shape index (κ3) is 34.6. The average molecular weight is 1980 g/mol. The van der Waals surface area contributed by atoms with E-state index in [9.17, 15) is 84.2 Å². The Balaban J connectivity index is 0.000000242. The van der Waals surface area contributed by atoms with E-state index in [2.05, 4.69) is 92.3 Å². The molecule has 0 saturated heterocycles. The number of amides is 7. The van der Waals surface area contributed by atoms with Crippen molar-refractivity contribution in [1.29, 1.82) is 0 Å². The van der Waals surface area contributed by atoms with Crippen LogP contribution in [-0.4, -0.2) is 160 Å². The van der Waals surface area contributed by atoms with Gasteiger partial charge in [-0.25, -0.2) is 9.59 Å². The number of fused-ring (bicyclic) bond motifs is 6. The number of ether oxygens (including phenoxy) is 3. The van der Waals surface area contributed by atoms with E-state index in [0.717, 1.165) is 76.1 Å². The third-order valence-corrected chi connectivity index (χ3v) is 25.8. The zero-order chi connectivity index (χ0) is 103. The number of aryl methyl sites for hydroxylation is 2. The van der Waals surface area contributed by atoms with Gasteiger partial charge in [0.05, 0.1) is 30.2 Å². The van der Waals surface area contributed by atoms with E-state index in [4.69, 9.17) is 39.5 Å². The van der Waals surface area contributed by atoms with Gasteiger partial charge < -0.3 is 76.7 Å². The van der Waals surface area contributed by atoms with Crippen LogP contribution in [0.15, 0.2) is 237 Å². The normalized spacial score (nSPS) is 13.2. The number of ketones is 4. The summed E-state index contributed by atoms with van der Waals surface area (Å²) in [6, 6.07) is 60.3. The van der Waals surface area contributed by atoms with Gasteiger partial charge in [0.25, 0.3) is 11.8 Å². The molecule has 29 nitrogen and oxygen atoms in total. The maximum Gasteiger partial charge on any atom is 0.407 e. The molecule has 0 fully saturated rings. The van der Waals surface area contributed by atoms with Crippen LogP contribution in [0.1, 0.15) is 206 Å². The molecule has 7 amide bonds. The standard InChI is InChI=1S/C38H46F2N3O8P.C26H34F2N3O6P.C26H30N2O5.C16H14O2/c1-4-27-13-17-30(18-14-27)36(47)41-21-9-8-12-33(25(2)44)43-37(48)31(22-29-15-19-32(20-16-29)38(39,40)52(49,50)51)24-35(46)34(42-26(3)45)23-28-10-6-5-7-11-28;1-3-18-7-11-20(12-8-18)24(33)30-15-5-4-6-23(17(2)32)31-25(34)22(29)16-19-9-13-21(14-10-19)26(27,28)38(35,36)37;1-3-16-32-25(30)27-15-9-8-14-24(18(2)29)28-26(31)33-17-23-21-12-6-4-10-19(21)20-11-5-7-13-22(20)23;1-11(17)18-10-16-14-8-4-2-6-12(14)13-7-3-5-9-15(13)16/h5-7,10-11,13-20,31,33-34H,4,8-9,12,21-24H2,1-3H3,(H,41,47)(H,42,45)(H,43,48)(H2,49,50,51);7-14,22-23H,3-6,15-16,29H2,1-2H3,(H,30,33)(H,31,34)(H2,35,36,37);3-7,10-13,23-24H,1,8-9,14-17H2,2H3,(H,27,30)(H,28,31);2-9,16H,10H2,1H3. The van der Waals surface area contributed by atoms with Crippen molar-refractivity contribution < 1.29 is 118 Å². The third-order valence-electron chi connectivity index (χ3n) is 23.8. The Morgan fingerprint density at radius 2 is 0.759 bits per heavy atom. The molecule has 752 valence electrons. The summed E-state index contributed by atoms with van der Waals surface area (Å²) in [6.07, 6.45) is 6.21. The molecule has 13 N–H and O–H groups in total. The Bertz CT molecular complexity index is 5780. The molecule has 35 heteroatoms. The molecule has 0 bridgehead atoms. The van der Waals surface area contributed by atoms with Crippen molar-refractivity contribution in [2.75, 3.05) is 39.5 Å². The Labute approximate surface area is 817 Å². The number of carbonyl (C=O) groups excluding carboxylic acids is 12. The van der Waals surface area contributed by atoms with Crippen LogP contribution in [0.2, 0.25) is 0 Å². The maximum absolute atomic E-state index is 14.3. The van der Waals surface area contributed by atoms with Gasteiger partial charge in [0, 0.05) is 79.9 Å². The smallest absolute Gasteiger partial charge is 0.407 e. The number of nitrogens with two attached hydrogens (primary N) is 1. The molecule has 9 aromatic rings. The van der Waals surface area contributed by atoms with Crippen molar-refractivity contribution in [3.05, 3.63) is 309 Å². The number of unbranched alkanes of at least 4 members (excludes halogenated alkanes) is 3. The Morgan fingerprint density at radius 3 is 1.13 bits per heavy atom. The average Bonchev–Trinajstić information content (AvgIpc) is 1.63. The van der Waals surface area contributed by atoms with Crippen LogP contribution in [0.3, 0.4) is 0 Å². The van der Waals surface area contributed by atoms with Gasteiger partial charge >= 0.3 is 44.7 Å². The number of Topliss-reactive ketones (excluding diaryl/α,β-unsaturated/α-hetero) is 4. The molecule has 0 aliphatic heterocycles. The Morgan fingerprint density at radius 1 is 0.404 bits per heavy atom. The van der Waals surface area contributed by atoms with Crippen LogP contribution in [-0.2, 0) is 105 Å². The van der Waals surface area contributed by atoms with Gasteiger partial charge in [0.2, 0.25) is 17.7 Å². The number of hydrogen-bond acceptors (Lipinski definition) is 18. The second-order valence-corrected chi connectivity index (χ2v) is 37.6. The molecule has 6 unspecified atom stereocenters. The van der Waals surface area contributed by atoms with Gasteiger partial charge in [-0.15, -0.1) is 0 Å². The lowest BCUT2D eigenvalue weighted by Gasteiger charge is -2.24. The summed E-state index contributed by atoms with van der Waals surface area (Å²) in [6.45, 7) is 16.3.